The van der Waals surface area contributed by atoms with Crippen molar-refractivity contribution in [2.45, 2.75) is 142 Å². The first-order chi connectivity index (χ1) is 57.5. The number of hydrogen-bond donors (Lipinski definition) is 24. The topological polar surface area (TPSA) is 924 Å². The average Bonchev–Trinajstić information content (AvgIpc) is 1.58. The number of phosphoric ester groups is 4. The Kier molecular flexibility index (Phi) is 36.6. The van der Waals surface area contributed by atoms with E-state index in [1.165, 1.54) is 49.1 Å². The minimum absolute atomic E-state index is 0.00401. The molecule has 0 aromatic heterocycles. The summed E-state index contributed by atoms with van der Waals surface area (Å²) in [6.45, 7) is 10.2. The van der Waals surface area contributed by atoms with E-state index in [1.54, 1.807) is 6.92 Å². The highest BCUT2D eigenvalue weighted by Crippen LogP contribution is 2.71. The van der Waals surface area contributed by atoms with Crippen molar-refractivity contribution in [3.05, 3.63) is 98.7 Å². The lowest BCUT2D eigenvalue weighted by Gasteiger charge is -2.34. The van der Waals surface area contributed by atoms with Crippen molar-refractivity contribution in [2.24, 2.45) is 48.8 Å². The van der Waals surface area contributed by atoms with Crippen molar-refractivity contribution in [3.8, 4) is 0 Å². The van der Waals surface area contributed by atoms with Gasteiger partial charge in [0, 0.05) is 24.8 Å². The number of nitrogens with zero attached hydrogens (tertiary/aromatic N) is 8. The number of phosphoric acid groups is 12. The molecule has 9 rings (SSSR count). The number of amidine groups is 4. The lowest BCUT2D eigenvalue weighted by atomic mass is 9.91. The number of aliphatic hydroxyl groups is 4. The Bertz CT molecular complexity index is 4860. The molecule has 0 aromatic rings. The summed E-state index contributed by atoms with van der Waals surface area (Å²) < 4.78 is 292. The Morgan fingerprint density at radius 3 is 0.953 bits per heavy atom. The standard InChI is InChI=1S/C13H21FN3O12P3.C13H23FN3O12P3.C12H20F2N3O12P3.C11H18F2N3O12P3/c1-7-16-9(15)4-5-17(7)12-10(14)11(18)13(27-12,8-2-3-8)6-26-31(22,23)29-32(24,25)28-30(19,20)21;1-3-5-13(7-26-31(22,23)29-32(24,25)28-30(19,20)21)11(18)10(14)12(27-13)17-6-4-9(15)16-8(17)2;1-6(13)12(5-26-31(22,23)29-32(24,25)28-30(19,20)21)10(18)9(14)11(27-12)17-4-3-8(15)16-7(17)2;1-6-15-7(14)2-3-16(6)10-8(13)9(17)11(4-12,26-10)5-25-30(21,22)28-31(23,24)27-29(18,19)20/h4-5,8,10-12,18H,1-3,6H2,(H2,15,16)(H,22,23)(H,24,25)(H2,19,20,21);4,6,10-12,18H,2-3,5,7H2,1H3,(H2,15,16)(H,22,23)(H,24,25)(H2,19,20,21);3-4,6,9-11,18H,2,5H2,1H3,(H2,15,16)(H,22,23)(H,24,25)(H2,19,20,21);2-3,8-10,17H,1,4-5H2,(H2,14,15)(H,21,22)(H,23,24)(H2,18,19,20)/t10-,11+,12-,13+;10-,11+,12-,13-;6?,9-,10+,11-,12+;8-,9+,10-,11-/m1111/s1. The zero-order valence-electron chi connectivity index (χ0n) is 63.8. The van der Waals surface area contributed by atoms with Crippen molar-refractivity contribution < 1.29 is 251 Å². The lowest BCUT2D eigenvalue weighted by molar-refractivity contribution is -0.162. The van der Waals surface area contributed by atoms with Crippen LogP contribution in [-0.2, 0) is 126 Å². The Hall–Kier alpha value is -4.10. The van der Waals surface area contributed by atoms with E-state index in [4.69, 9.17) is 90.8 Å². The summed E-state index contributed by atoms with van der Waals surface area (Å²) in [6.07, 6.45) is -14.7. The highest BCUT2D eigenvalue weighted by atomic mass is 31.3. The second-order valence-corrected chi connectivity index (χ2v) is 44.2. The summed E-state index contributed by atoms with van der Waals surface area (Å²) in [6, 6.07) is 0. The van der Waals surface area contributed by atoms with Crippen LogP contribution in [0, 0.1) is 5.92 Å². The number of hydrogen-bond acceptors (Lipinski definition) is 44. The monoisotopic (exact) mass is 2090 g/mol. The van der Waals surface area contributed by atoms with E-state index in [0.29, 0.717) is 12.8 Å². The summed E-state index contributed by atoms with van der Waals surface area (Å²) in [5, 5.41) is 41.5. The first kappa shape index (κ1) is 112. The Labute approximate surface area is 708 Å². The molecular formula is C49H82F6N12O48P12. The van der Waals surface area contributed by atoms with Gasteiger partial charge in [-0.3, -0.25) is 18.1 Å². The molecule has 0 spiro atoms. The quantitative estimate of drug-likeness (QED) is 0.0300. The first-order valence-electron chi connectivity index (χ1n) is 33.8. The summed E-state index contributed by atoms with van der Waals surface area (Å²) in [5.41, 5.74) is 13.0. The highest BCUT2D eigenvalue weighted by molar-refractivity contribution is 7.68. The van der Waals surface area contributed by atoms with E-state index in [2.05, 4.69) is 98.9 Å². The van der Waals surface area contributed by atoms with Gasteiger partial charge in [-0.15, -0.1) is 0 Å². The van der Waals surface area contributed by atoms with Crippen molar-refractivity contribution in [1.82, 2.24) is 19.6 Å². The maximum Gasteiger partial charge on any atom is 0.490 e. The van der Waals surface area contributed by atoms with Crippen LogP contribution in [-0.4, -0.2) is 277 Å². The van der Waals surface area contributed by atoms with Crippen molar-refractivity contribution in [3.63, 3.8) is 0 Å². The number of rotatable bonds is 37. The van der Waals surface area contributed by atoms with Crippen LogP contribution in [0.25, 0.3) is 0 Å². The maximum absolute atomic E-state index is 15.0. The highest BCUT2D eigenvalue weighted by Gasteiger charge is 2.66. The third-order valence-corrected chi connectivity index (χ3v) is 32.2. The lowest BCUT2D eigenvalue weighted by Crippen LogP contribution is -2.52. The van der Waals surface area contributed by atoms with Crippen LogP contribution in [0.2, 0.25) is 0 Å². The molecule has 9 aliphatic rings. The van der Waals surface area contributed by atoms with E-state index >= 15 is 4.39 Å². The second-order valence-electron chi connectivity index (χ2n) is 26.6. The van der Waals surface area contributed by atoms with Crippen LogP contribution in [0.1, 0.15) is 39.5 Å². The van der Waals surface area contributed by atoms with E-state index in [9.17, 15) is 127 Å². The molecule has 127 heavy (non-hydrogen) atoms. The van der Waals surface area contributed by atoms with Crippen LogP contribution in [0.4, 0.5) is 26.3 Å². The minimum atomic E-state index is -5.85. The molecule has 0 bridgehead atoms. The third kappa shape index (κ3) is 31.0. The Balaban J connectivity index is 0.000000261. The molecule has 5 fully saturated rings. The number of aliphatic imine (C=N–C) groups is 4. The van der Waals surface area contributed by atoms with E-state index < -0.39 is 235 Å². The summed E-state index contributed by atoms with van der Waals surface area (Å²) in [5.74, 6) is -0.577. The number of nitrogens with two attached hydrogens (primary N) is 4. The van der Waals surface area contributed by atoms with Gasteiger partial charge < -0.3 is 160 Å². The number of aliphatic hydroxyl groups excluding tert-OH is 4. The molecule has 0 amide bonds. The van der Waals surface area contributed by atoms with Gasteiger partial charge in [0.25, 0.3) is 0 Å². The molecule has 4 saturated heterocycles. The number of halogens is 6. The van der Waals surface area contributed by atoms with Crippen LogP contribution in [0.15, 0.2) is 119 Å². The summed E-state index contributed by atoms with van der Waals surface area (Å²) in [4.78, 5) is 163. The van der Waals surface area contributed by atoms with Crippen LogP contribution >= 0.6 is 93.9 Å². The molecule has 25 atom stereocenters. The minimum Gasteiger partial charge on any atom is -0.387 e. The Morgan fingerprint density at radius 1 is 0.409 bits per heavy atom. The predicted molar refractivity (Wildman–Crippen MR) is 404 cm³/mol. The smallest absolute Gasteiger partial charge is 0.387 e. The second kappa shape index (κ2) is 41.6. The molecule has 0 radical (unpaired) electrons. The molecule has 28 N–H and O–H groups in total. The molecular weight excluding hydrogens is 2010 g/mol. The maximum atomic E-state index is 15.0. The average molecular weight is 2090 g/mol. The van der Waals surface area contributed by atoms with Crippen molar-refractivity contribution >= 4 is 117 Å². The fourth-order valence-corrected chi connectivity index (χ4v) is 24.0. The van der Waals surface area contributed by atoms with Gasteiger partial charge in [-0.1, -0.05) is 39.7 Å². The fraction of sp³-hybridized carbons (Fsp3) is 0.592. The predicted octanol–water partition coefficient (Wildman–Crippen LogP) is 0.664. The van der Waals surface area contributed by atoms with Gasteiger partial charge in [0.05, 0.1) is 26.4 Å². The largest absolute Gasteiger partial charge is 0.490 e. The van der Waals surface area contributed by atoms with Gasteiger partial charge in [0.1, 0.15) is 95.1 Å². The molecule has 1 saturated carbocycles. The molecule has 0 aromatic carbocycles. The van der Waals surface area contributed by atoms with Crippen LogP contribution in [0.5, 0.6) is 0 Å². The molecule has 60 nitrogen and oxygen atoms in total. The van der Waals surface area contributed by atoms with Gasteiger partial charge in [0.2, 0.25) is 0 Å². The van der Waals surface area contributed by atoms with Gasteiger partial charge in [-0.05, 0) is 56.4 Å². The zero-order chi connectivity index (χ0) is 97.2. The molecule has 728 valence electrons. The molecule has 8 aliphatic heterocycles. The normalized spacial score (nSPS) is 33.5. The van der Waals surface area contributed by atoms with Crippen LogP contribution in [0.3, 0.4) is 0 Å². The van der Waals surface area contributed by atoms with Crippen LogP contribution < -0.4 is 22.9 Å². The van der Waals surface area contributed by atoms with E-state index in [1.807, 2.05) is 0 Å². The molecule has 78 heteroatoms. The van der Waals surface area contributed by atoms with Gasteiger partial charge in [-0.2, -0.15) is 34.5 Å². The molecule has 1 aliphatic carbocycles. The van der Waals surface area contributed by atoms with E-state index in [0.717, 1.165) is 26.5 Å². The fourth-order valence-electron chi connectivity index (χ4n) is 11.7. The van der Waals surface area contributed by atoms with Gasteiger partial charge in [0.15, 0.2) is 60.8 Å². The zero-order valence-corrected chi connectivity index (χ0v) is 74.5. The number of ether oxygens (including phenoxy) is 4. The SMILES string of the molecule is C=C1N=C(N)C=CN1[C@@H]1O[C@@](COP(=O)(O)OP(=O)(O)OP(=O)(O)O)(C(C)F)[C@@H](O)[C@H]1F.C=C1N=C(N)C=CN1[C@@H]1O[C@@](COP(=O)(O)OP(=O)(O)OP(=O)(O)O)(C2CC2)[C@@H](O)[C@H]1F.C=C1N=C(N)C=CN1[C@@H]1O[C@](CCC)(COP(=O)(O)OP(=O)(O)OP(=O)(O)O)[C@@H](O)[C@H]1F.C=C1N=C(N)C=CN1[C@@H]1O[C@](CF)(COP(=O)(O)OP(=O)(O)OP(=O)(O)O)[C@@H](O)[C@H]1F. The summed E-state index contributed by atoms with van der Waals surface area (Å²) in [7, 11) is -67.9. The van der Waals surface area contributed by atoms with E-state index in [-0.39, 0.29) is 59.5 Å². The molecule has 9 unspecified atom stereocenters. The third-order valence-electron chi connectivity index (χ3n) is 17.1. The van der Waals surface area contributed by atoms with Gasteiger partial charge in [-0.25, -0.2) is 101 Å². The number of alkyl halides is 6. The first-order valence-corrected chi connectivity index (χ1v) is 51.9. The van der Waals surface area contributed by atoms with Crippen molar-refractivity contribution in [2.75, 3.05) is 33.1 Å². The Morgan fingerprint density at radius 2 is 0.669 bits per heavy atom. The van der Waals surface area contributed by atoms with Crippen molar-refractivity contribution in [1.29, 1.82) is 0 Å². The van der Waals surface area contributed by atoms with Gasteiger partial charge >= 0.3 is 93.9 Å². The summed E-state index contributed by atoms with van der Waals surface area (Å²) >= 11 is 0. The molecule has 8 heterocycles.